The maximum atomic E-state index is 12.2. The van der Waals surface area contributed by atoms with Gasteiger partial charge in [-0.05, 0) is 67.3 Å². The Hall–Kier alpha value is -2.75. The molecule has 1 amide bonds. The number of ether oxygens (including phenoxy) is 2. The number of benzene rings is 2. The third-order valence-corrected chi connectivity index (χ3v) is 4.64. The minimum absolute atomic E-state index is 0.168. The summed E-state index contributed by atoms with van der Waals surface area (Å²) in [6.07, 6.45) is 7.95. The average Bonchev–Trinajstić information content (AvgIpc) is 2.69. The van der Waals surface area contributed by atoms with Gasteiger partial charge < -0.3 is 14.8 Å². The van der Waals surface area contributed by atoms with Crippen LogP contribution in [0.25, 0.3) is 6.08 Å². The predicted molar refractivity (Wildman–Crippen MR) is 116 cm³/mol. The number of hydrogen-bond donors (Lipinski definition) is 1. The van der Waals surface area contributed by atoms with Crippen LogP contribution in [0.5, 0.6) is 11.5 Å². The molecular weight excluding hydrogens is 350 g/mol. The standard InChI is InChI=1S/C24H31NO3/c1-5-6-7-8-15-28-22-13-10-20(17-23(22)27-4)11-14-24(26)25-21-12-9-18(2)19(3)16-21/h9-14,16-17H,5-8,15H2,1-4H3,(H,25,26)/b14-11+. The summed E-state index contributed by atoms with van der Waals surface area (Å²) in [5.74, 6) is 1.24. The van der Waals surface area contributed by atoms with Crippen LogP contribution >= 0.6 is 0 Å². The highest BCUT2D eigenvalue weighted by Gasteiger charge is 2.05. The number of unbranched alkanes of at least 4 members (excludes halogenated alkanes) is 3. The number of nitrogens with one attached hydrogen (secondary N) is 1. The molecule has 0 atom stereocenters. The molecule has 0 aliphatic carbocycles. The third-order valence-electron chi connectivity index (χ3n) is 4.64. The number of carbonyl (C=O) groups is 1. The zero-order valence-corrected chi connectivity index (χ0v) is 17.4. The van der Waals surface area contributed by atoms with Gasteiger partial charge in [0.25, 0.3) is 0 Å². The number of carbonyl (C=O) groups excluding carboxylic acids is 1. The first-order chi connectivity index (χ1) is 13.5. The Bertz CT molecular complexity index is 811. The molecule has 1 N–H and O–H groups in total. The lowest BCUT2D eigenvalue weighted by Gasteiger charge is -2.11. The van der Waals surface area contributed by atoms with Crippen molar-refractivity contribution in [2.24, 2.45) is 0 Å². The van der Waals surface area contributed by atoms with Crippen molar-refractivity contribution in [2.75, 3.05) is 19.0 Å². The molecule has 4 heteroatoms. The van der Waals surface area contributed by atoms with E-state index in [-0.39, 0.29) is 5.91 Å². The van der Waals surface area contributed by atoms with E-state index in [2.05, 4.69) is 12.2 Å². The van der Waals surface area contributed by atoms with E-state index in [1.807, 2.05) is 50.2 Å². The van der Waals surface area contributed by atoms with Crippen molar-refractivity contribution in [3.63, 3.8) is 0 Å². The molecule has 4 nitrogen and oxygen atoms in total. The summed E-state index contributed by atoms with van der Waals surface area (Å²) in [5.41, 5.74) is 4.03. The number of amides is 1. The summed E-state index contributed by atoms with van der Waals surface area (Å²) in [5, 5.41) is 2.88. The van der Waals surface area contributed by atoms with Crippen molar-refractivity contribution in [3.05, 3.63) is 59.2 Å². The van der Waals surface area contributed by atoms with Crippen LogP contribution in [0.2, 0.25) is 0 Å². The van der Waals surface area contributed by atoms with E-state index in [0.29, 0.717) is 12.4 Å². The van der Waals surface area contributed by atoms with E-state index in [4.69, 9.17) is 9.47 Å². The van der Waals surface area contributed by atoms with Crippen molar-refractivity contribution < 1.29 is 14.3 Å². The van der Waals surface area contributed by atoms with E-state index in [1.165, 1.54) is 30.9 Å². The molecule has 0 bridgehead atoms. The van der Waals surface area contributed by atoms with Crippen molar-refractivity contribution >= 4 is 17.7 Å². The SMILES string of the molecule is CCCCCCOc1ccc(/C=C/C(=O)Nc2ccc(C)c(C)c2)cc1OC. The van der Waals surface area contributed by atoms with Gasteiger partial charge in [-0.15, -0.1) is 0 Å². The molecule has 2 aromatic rings. The highest BCUT2D eigenvalue weighted by Crippen LogP contribution is 2.29. The second kappa shape index (κ2) is 11.2. The Morgan fingerprint density at radius 2 is 1.82 bits per heavy atom. The fourth-order valence-corrected chi connectivity index (χ4v) is 2.79. The number of methoxy groups -OCH3 is 1. The van der Waals surface area contributed by atoms with E-state index in [9.17, 15) is 4.79 Å². The van der Waals surface area contributed by atoms with Gasteiger partial charge in [0.15, 0.2) is 11.5 Å². The number of rotatable bonds is 10. The maximum Gasteiger partial charge on any atom is 0.248 e. The molecule has 2 rings (SSSR count). The molecule has 0 spiro atoms. The van der Waals surface area contributed by atoms with Crippen LogP contribution in [0.3, 0.4) is 0 Å². The molecule has 0 heterocycles. The van der Waals surface area contributed by atoms with Crippen LogP contribution in [0.15, 0.2) is 42.5 Å². The van der Waals surface area contributed by atoms with Crippen molar-refractivity contribution in [1.82, 2.24) is 0 Å². The van der Waals surface area contributed by atoms with Crippen LogP contribution < -0.4 is 14.8 Å². The molecule has 0 aliphatic heterocycles. The normalized spacial score (nSPS) is 10.9. The van der Waals surface area contributed by atoms with E-state index >= 15 is 0 Å². The van der Waals surface area contributed by atoms with Gasteiger partial charge in [0.05, 0.1) is 13.7 Å². The monoisotopic (exact) mass is 381 g/mol. The molecule has 0 unspecified atom stereocenters. The first-order valence-electron chi connectivity index (χ1n) is 9.90. The average molecular weight is 382 g/mol. The number of hydrogen-bond acceptors (Lipinski definition) is 3. The molecule has 0 saturated heterocycles. The Morgan fingerprint density at radius 1 is 1.00 bits per heavy atom. The van der Waals surface area contributed by atoms with Gasteiger partial charge in [0.1, 0.15) is 0 Å². The lowest BCUT2D eigenvalue weighted by atomic mass is 10.1. The minimum Gasteiger partial charge on any atom is -0.493 e. The molecule has 0 fully saturated rings. The topological polar surface area (TPSA) is 47.6 Å². The summed E-state index contributed by atoms with van der Waals surface area (Å²) in [6.45, 7) is 6.95. The van der Waals surface area contributed by atoms with E-state index < -0.39 is 0 Å². The van der Waals surface area contributed by atoms with Gasteiger partial charge in [-0.25, -0.2) is 0 Å². The van der Waals surface area contributed by atoms with Crippen LogP contribution in [0, 0.1) is 13.8 Å². The number of aryl methyl sites for hydroxylation is 2. The Morgan fingerprint density at radius 3 is 2.54 bits per heavy atom. The van der Waals surface area contributed by atoms with Crippen LogP contribution in [-0.4, -0.2) is 19.6 Å². The summed E-state index contributed by atoms with van der Waals surface area (Å²) in [4.78, 5) is 12.2. The second-order valence-electron chi connectivity index (χ2n) is 6.94. The minimum atomic E-state index is -0.168. The Labute approximate surface area is 168 Å². The Balaban J connectivity index is 1.94. The summed E-state index contributed by atoms with van der Waals surface area (Å²) >= 11 is 0. The van der Waals surface area contributed by atoms with Gasteiger partial charge in [0, 0.05) is 11.8 Å². The zero-order valence-electron chi connectivity index (χ0n) is 17.4. The van der Waals surface area contributed by atoms with Crippen LogP contribution in [0.1, 0.15) is 49.3 Å². The fourth-order valence-electron chi connectivity index (χ4n) is 2.79. The molecular formula is C24H31NO3. The fraction of sp³-hybridized carbons (Fsp3) is 0.375. The van der Waals surface area contributed by atoms with E-state index in [0.717, 1.165) is 29.0 Å². The van der Waals surface area contributed by atoms with Crippen molar-refractivity contribution in [3.8, 4) is 11.5 Å². The molecule has 0 saturated carbocycles. The third kappa shape index (κ3) is 6.76. The summed E-state index contributed by atoms with van der Waals surface area (Å²) in [6, 6.07) is 11.6. The summed E-state index contributed by atoms with van der Waals surface area (Å²) < 4.78 is 11.3. The second-order valence-corrected chi connectivity index (χ2v) is 6.94. The van der Waals surface area contributed by atoms with Crippen molar-refractivity contribution in [1.29, 1.82) is 0 Å². The highest BCUT2D eigenvalue weighted by atomic mass is 16.5. The van der Waals surface area contributed by atoms with Gasteiger partial charge in [-0.2, -0.15) is 0 Å². The molecule has 0 radical (unpaired) electrons. The van der Waals surface area contributed by atoms with Gasteiger partial charge in [0.2, 0.25) is 5.91 Å². The first kappa shape index (κ1) is 21.5. The Kier molecular flexibility index (Phi) is 8.60. The van der Waals surface area contributed by atoms with Crippen LogP contribution in [0.4, 0.5) is 5.69 Å². The van der Waals surface area contributed by atoms with Crippen molar-refractivity contribution in [2.45, 2.75) is 46.5 Å². The molecule has 150 valence electrons. The molecule has 0 aliphatic rings. The summed E-state index contributed by atoms with van der Waals surface area (Å²) in [7, 11) is 1.62. The smallest absolute Gasteiger partial charge is 0.248 e. The molecule has 2 aromatic carbocycles. The maximum absolute atomic E-state index is 12.2. The van der Waals surface area contributed by atoms with Crippen LogP contribution in [-0.2, 0) is 4.79 Å². The lowest BCUT2D eigenvalue weighted by Crippen LogP contribution is -2.07. The quantitative estimate of drug-likeness (QED) is 0.410. The lowest BCUT2D eigenvalue weighted by molar-refractivity contribution is -0.111. The largest absolute Gasteiger partial charge is 0.493 e. The first-order valence-corrected chi connectivity index (χ1v) is 9.90. The van der Waals surface area contributed by atoms with E-state index in [1.54, 1.807) is 13.2 Å². The predicted octanol–water partition coefficient (Wildman–Crippen LogP) is 5.92. The zero-order chi connectivity index (χ0) is 20.4. The molecule has 28 heavy (non-hydrogen) atoms. The van der Waals surface area contributed by atoms with Gasteiger partial charge in [-0.3, -0.25) is 4.79 Å². The van der Waals surface area contributed by atoms with Gasteiger partial charge >= 0.3 is 0 Å². The molecule has 0 aromatic heterocycles. The number of anilines is 1. The highest BCUT2D eigenvalue weighted by molar-refractivity contribution is 6.02. The van der Waals surface area contributed by atoms with Gasteiger partial charge in [-0.1, -0.05) is 38.3 Å².